The topological polar surface area (TPSA) is 79.0 Å². The Balaban J connectivity index is 1.27. The minimum Gasteiger partial charge on any atom is -0.385 e. The van der Waals surface area contributed by atoms with E-state index in [2.05, 4.69) is 33.0 Å². The van der Waals surface area contributed by atoms with Crippen LogP contribution in [0.3, 0.4) is 0 Å². The number of nitrogens with zero attached hydrogens (tertiary/aromatic N) is 1. The lowest BCUT2D eigenvalue weighted by molar-refractivity contribution is 0.0780. The van der Waals surface area contributed by atoms with Crippen LogP contribution in [0.2, 0.25) is 0 Å². The van der Waals surface area contributed by atoms with Crippen molar-refractivity contribution in [2.45, 2.75) is 38.1 Å². The molecule has 3 aromatic rings. The molecule has 1 saturated heterocycles. The maximum atomic E-state index is 12.0. The fourth-order valence-electron chi connectivity index (χ4n) is 3.98. The van der Waals surface area contributed by atoms with Crippen LogP contribution in [0.5, 0.6) is 0 Å². The average molecular weight is 407 g/mol. The first-order valence-electron chi connectivity index (χ1n) is 10.9. The van der Waals surface area contributed by atoms with Crippen LogP contribution >= 0.6 is 0 Å². The van der Waals surface area contributed by atoms with E-state index in [1.807, 2.05) is 36.4 Å². The Labute approximate surface area is 177 Å². The van der Waals surface area contributed by atoms with Crippen LogP contribution < -0.4 is 16.2 Å². The predicted octanol–water partition coefficient (Wildman–Crippen LogP) is 3.94. The number of unbranched alkanes of at least 4 members (excludes halogenated alkanes) is 2. The van der Waals surface area contributed by atoms with Crippen LogP contribution in [0.4, 0.5) is 5.69 Å². The van der Waals surface area contributed by atoms with Crippen LogP contribution in [-0.2, 0) is 4.74 Å². The van der Waals surface area contributed by atoms with Crippen molar-refractivity contribution in [2.75, 3.05) is 31.6 Å². The normalized spacial score (nSPS) is 14.8. The Hall–Kier alpha value is -2.70. The van der Waals surface area contributed by atoms with Crippen LogP contribution in [0, 0.1) is 0 Å². The van der Waals surface area contributed by atoms with Gasteiger partial charge in [0.1, 0.15) is 0 Å². The zero-order chi connectivity index (χ0) is 20.6. The van der Waals surface area contributed by atoms with Crippen LogP contribution in [0.25, 0.3) is 22.0 Å². The molecule has 0 aliphatic carbocycles. The first-order valence-corrected chi connectivity index (χ1v) is 10.9. The van der Waals surface area contributed by atoms with Gasteiger partial charge in [0.2, 0.25) is 0 Å². The molecule has 1 aliphatic heterocycles. The first kappa shape index (κ1) is 20.6. The number of H-pyrrole nitrogens is 1. The third-order valence-electron chi connectivity index (χ3n) is 5.67. The number of aromatic nitrogens is 2. The highest BCUT2D eigenvalue weighted by molar-refractivity contribution is 5.94. The number of rotatable bonds is 9. The van der Waals surface area contributed by atoms with E-state index in [1.165, 1.54) is 12.8 Å². The van der Waals surface area contributed by atoms with Crippen molar-refractivity contribution in [3.63, 3.8) is 0 Å². The average Bonchev–Trinajstić information content (AvgIpc) is 2.80. The number of nitrogens with one attached hydrogen (secondary N) is 3. The van der Waals surface area contributed by atoms with Crippen molar-refractivity contribution < 1.29 is 4.74 Å². The molecule has 0 atom stereocenters. The molecule has 0 radical (unpaired) electrons. The Morgan fingerprint density at radius 2 is 1.77 bits per heavy atom. The van der Waals surface area contributed by atoms with E-state index in [4.69, 9.17) is 4.74 Å². The van der Waals surface area contributed by atoms with E-state index in [-0.39, 0.29) is 5.56 Å². The summed E-state index contributed by atoms with van der Waals surface area (Å²) in [5.41, 5.74) is 2.71. The van der Waals surface area contributed by atoms with Gasteiger partial charge in [-0.25, -0.2) is 5.10 Å². The van der Waals surface area contributed by atoms with Gasteiger partial charge in [0.05, 0.1) is 11.1 Å². The second kappa shape index (κ2) is 10.4. The molecule has 3 N–H and O–H groups in total. The highest BCUT2D eigenvalue weighted by Crippen LogP contribution is 2.26. The van der Waals surface area contributed by atoms with E-state index < -0.39 is 0 Å². The Kier molecular flexibility index (Phi) is 7.11. The van der Waals surface area contributed by atoms with Crippen molar-refractivity contribution in [1.29, 1.82) is 0 Å². The number of benzene rings is 2. The lowest BCUT2D eigenvalue weighted by atomic mass is 10.0. The second-order valence-electron chi connectivity index (χ2n) is 7.86. The Morgan fingerprint density at radius 3 is 2.63 bits per heavy atom. The van der Waals surface area contributed by atoms with E-state index in [0.717, 1.165) is 67.9 Å². The van der Waals surface area contributed by atoms with Gasteiger partial charge in [0.25, 0.3) is 5.56 Å². The van der Waals surface area contributed by atoms with Crippen LogP contribution in [0.1, 0.15) is 32.1 Å². The highest BCUT2D eigenvalue weighted by Gasteiger charge is 2.12. The Morgan fingerprint density at radius 1 is 0.967 bits per heavy atom. The van der Waals surface area contributed by atoms with Gasteiger partial charge in [0, 0.05) is 42.4 Å². The smallest absolute Gasteiger partial charge is 0.272 e. The van der Waals surface area contributed by atoms with Gasteiger partial charge in [-0.15, -0.1) is 0 Å². The van der Waals surface area contributed by atoms with Crippen molar-refractivity contribution in [3.8, 4) is 11.3 Å². The quantitative estimate of drug-likeness (QED) is 0.469. The molecule has 1 fully saturated rings. The molecule has 0 unspecified atom stereocenters. The van der Waals surface area contributed by atoms with Crippen molar-refractivity contribution in [2.24, 2.45) is 0 Å². The molecule has 0 saturated carbocycles. The highest BCUT2D eigenvalue weighted by atomic mass is 16.5. The minimum absolute atomic E-state index is 0.157. The van der Waals surface area contributed by atoms with E-state index in [9.17, 15) is 4.79 Å². The fourth-order valence-corrected chi connectivity index (χ4v) is 3.98. The fraction of sp³-hybridized carbons (Fsp3) is 0.417. The van der Waals surface area contributed by atoms with Crippen molar-refractivity contribution in [3.05, 3.63) is 58.9 Å². The number of anilines is 1. The van der Waals surface area contributed by atoms with Crippen LogP contribution in [0.15, 0.2) is 53.3 Å². The largest absolute Gasteiger partial charge is 0.385 e. The van der Waals surface area contributed by atoms with E-state index >= 15 is 0 Å². The molecule has 2 heterocycles. The third kappa shape index (κ3) is 5.26. The van der Waals surface area contributed by atoms with Crippen LogP contribution in [-0.4, -0.2) is 42.5 Å². The maximum absolute atomic E-state index is 12.0. The monoisotopic (exact) mass is 406 g/mol. The SMILES string of the molecule is O=c1[nH]nc(-c2cccc(NCCCCCNC3CCOCC3)c2)c2ccccc12. The molecule has 1 aliphatic rings. The standard InChI is InChI=1S/C24H30N4O2/c29-24-22-10-3-2-9-21(22)23(27-28-24)18-7-6-8-20(17-18)26-14-5-1-4-13-25-19-11-15-30-16-12-19/h2-3,6-10,17,19,25-26H,1,4-5,11-16H2,(H,28,29). The molecule has 0 spiro atoms. The van der Waals surface area contributed by atoms with Gasteiger partial charge in [-0.2, -0.15) is 5.10 Å². The number of hydrogen-bond donors (Lipinski definition) is 3. The molecule has 158 valence electrons. The molecule has 4 rings (SSSR count). The molecule has 1 aromatic heterocycles. The zero-order valence-electron chi connectivity index (χ0n) is 17.3. The Bertz CT molecular complexity index is 1010. The summed E-state index contributed by atoms with van der Waals surface area (Å²) in [6.07, 6.45) is 5.82. The van der Waals surface area contributed by atoms with Gasteiger partial charge in [0.15, 0.2) is 0 Å². The molecule has 2 aromatic carbocycles. The summed E-state index contributed by atoms with van der Waals surface area (Å²) in [5.74, 6) is 0. The molecular weight excluding hydrogens is 376 g/mol. The van der Waals surface area contributed by atoms with Crippen molar-refractivity contribution in [1.82, 2.24) is 15.5 Å². The van der Waals surface area contributed by atoms with Gasteiger partial charge < -0.3 is 15.4 Å². The lowest BCUT2D eigenvalue weighted by Crippen LogP contribution is -2.35. The van der Waals surface area contributed by atoms with Crippen molar-refractivity contribution >= 4 is 16.5 Å². The molecule has 0 bridgehead atoms. The molecule has 6 nitrogen and oxygen atoms in total. The lowest BCUT2D eigenvalue weighted by Gasteiger charge is -2.23. The summed E-state index contributed by atoms with van der Waals surface area (Å²) in [5, 5.41) is 15.6. The third-order valence-corrected chi connectivity index (χ3v) is 5.67. The molecule has 30 heavy (non-hydrogen) atoms. The summed E-state index contributed by atoms with van der Waals surface area (Å²) in [4.78, 5) is 12.0. The minimum atomic E-state index is -0.157. The zero-order valence-corrected chi connectivity index (χ0v) is 17.3. The van der Waals surface area contributed by atoms with E-state index in [1.54, 1.807) is 0 Å². The number of fused-ring (bicyclic) bond motifs is 1. The molecule has 0 amide bonds. The van der Waals surface area contributed by atoms with Gasteiger partial charge >= 0.3 is 0 Å². The number of aromatic amines is 1. The first-order chi connectivity index (χ1) is 14.8. The maximum Gasteiger partial charge on any atom is 0.272 e. The summed E-state index contributed by atoms with van der Waals surface area (Å²) >= 11 is 0. The summed E-state index contributed by atoms with van der Waals surface area (Å²) in [6, 6.07) is 16.4. The molecule has 6 heteroatoms. The number of hydrogen-bond acceptors (Lipinski definition) is 5. The van der Waals surface area contributed by atoms with Gasteiger partial charge in [-0.05, 0) is 50.4 Å². The number of ether oxygens (including phenoxy) is 1. The predicted molar refractivity (Wildman–Crippen MR) is 122 cm³/mol. The summed E-state index contributed by atoms with van der Waals surface area (Å²) in [7, 11) is 0. The molecular formula is C24H30N4O2. The van der Waals surface area contributed by atoms with Gasteiger partial charge in [-0.3, -0.25) is 4.79 Å². The summed E-state index contributed by atoms with van der Waals surface area (Å²) in [6.45, 7) is 3.82. The van der Waals surface area contributed by atoms with E-state index in [0.29, 0.717) is 11.4 Å². The summed E-state index contributed by atoms with van der Waals surface area (Å²) < 4.78 is 5.40. The van der Waals surface area contributed by atoms with Gasteiger partial charge in [-0.1, -0.05) is 36.8 Å². The second-order valence-corrected chi connectivity index (χ2v) is 7.86.